The summed E-state index contributed by atoms with van der Waals surface area (Å²) < 4.78 is 17.7. The number of halogens is 2. The van der Waals surface area contributed by atoms with Crippen LogP contribution in [0.2, 0.25) is 5.02 Å². The fourth-order valence-electron chi connectivity index (χ4n) is 1.55. The normalized spacial score (nSPS) is 11.3. The van der Waals surface area contributed by atoms with Crippen LogP contribution in [0, 0.1) is 5.82 Å². The molecule has 0 saturated heterocycles. The average Bonchev–Trinajstić information content (AvgIpc) is 2.94. The van der Waals surface area contributed by atoms with Gasteiger partial charge in [-0.15, -0.1) is 0 Å². The number of carbonyl (C=O) groups excluding carboxylic acids is 1. The Morgan fingerprint density at radius 2 is 2.27 bits per heavy atom. The van der Waals surface area contributed by atoms with Gasteiger partial charge in [0, 0.05) is 12.6 Å². The van der Waals surface area contributed by atoms with Gasteiger partial charge in [-0.1, -0.05) is 21.9 Å². The molecule has 1 heterocycles. The molecule has 0 bridgehead atoms. The maximum Gasteiger partial charge on any atom is 0.217 e. The maximum absolute atomic E-state index is 13.1. The van der Waals surface area contributed by atoms with Crippen LogP contribution in [0.5, 0.6) is 0 Å². The Labute approximate surface area is 128 Å². The Bertz CT molecular complexity index is 719. The molecule has 10 heteroatoms. The summed E-state index contributed by atoms with van der Waals surface area (Å²) in [6, 6.07) is 3.86. The molecule has 0 aliphatic rings. The fraction of sp³-hybridized carbons (Fsp3) is 0.167. The molecule has 0 spiro atoms. The number of rotatable bonds is 4. The molecule has 0 unspecified atom stereocenters. The van der Waals surface area contributed by atoms with Gasteiger partial charge in [0.05, 0.1) is 11.6 Å². The van der Waals surface area contributed by atoms with Crippen molar-refractivity contribution in [1.82, 2.24) is 15.6 Å². The molecule has 1 aromatic carbocycles. The standard InChI is InChI=1S/C12H11ClFN5O3/c1-6(20)15-5-10-11(19-22-18-10)12(17-21)16-7-2-3-9(14)8(13)4-7/h2-4,21H,5H2,1H3,(H,15,20)(H,16,17). The number of amidine groups is 1. The van der Waals surface area contributed by atoms with Gasteiger partial charge >= 0.3 is 0 Å². The molecule has 0 radical (unpaired) electrons. The van der Waals surface area contributed by atoms with Crippen LogP contribution >= 0.6 is 11.6 Å². The summed E-state index contributed by atoms with van der Waals surface area (Å²) in [5, 5.41) is 24.5. The van der Waals surface area contributed by atoms with Crippen LogP contribution in [0.25, 0.3) is 0 Å². The molecule has 0 aliphatic carbocycles. The van der Waals surface area contributed by atoms with Crippen molar-refractivity contribution in [3.05, 3.63) is 40.4 Å². The first-order valence-electron chi connectivity index (χ1n) is 6.01. The number of nitrogens with zero attached hydrogens (tertiary/aromatic N) is 3. The maximum atomic E-state index is 13.1. The second-order valence-electron chi connectivity index (χ2n) is 4.17. The first-order valence-corrected chi connectivity index (χ1v) is 6.39. The van der Waals surface area contributed by atoms with Crippen molar-refractivity contribution in [1.29, 1.82) is 0 Å². The van der Waals surface area contributed by atoms with Crippen LogP contribution < -0.4 is 10.6 Å². The number of hydrogen-bond donors (Lipinski definition) is 3. The van der Waals surface area contributed by atoms with Crippen molar-refractivity contribution in [2.75, 3.05) is 5.32 Å². The highest BCUT2D eigenvalue weighted by Crippen LogP contribution is 2.20. The minimum Gasteiger partial charge on any atom is -0.409 e. The largest absolute Gasteiger partial charge is 0.409 e. The third-order valence-electron chi connectivity index (χ3n) is 2.57. The summed E-state index contributed by atoms with van der Waals surface area (Å²) in [6.45, 7) is 1.38. The zero-order valence-electron chi connectivity index (χ0n) is 11.3. The summed E-state index contributed by atoms with van der Waals surface area (Å²) >= 11 is 5.67. The van der Waals surface area contributed by atoms with Crippen molar-refractivity contribution >= 4 is 29.0 Å². The van der Waals surface area contributed by atoms with Gasteiger partial charge < -0.3 is 15.8 Å². The van der Waals surface area contributed by atoms with Gasteiger partial charge in [-0.2, -0.15) is 0 Å². The number of anilines is 1. The van der Waals surface area contributed by atoms with Crippen molar-refractivity contribution < 1.29 is 19.0 Å². The van der Waals surface area contributed by atoms with Gasteiger partial charge in [-0.3, -0.25) is 4.79 Å². The second kappa shape index (κ2) is 6.85. The SMILES string of the molecule is CC(=O)NCc1nonc1/C(=N\O)Nc1ccc(F)c(Cl)c1. The number of amides is 1. The Kier molecular flexibility index (Phi) is 4.89. The van der Waals surface area contributed by atoms with E-state index in [0.717, 1.165) is 6.07 Å². The molecular formula is C12H11ClFN5O3. The molecule has 22 heavy (non-hydrogen) atoms. The van der Waals surface area contributed by atoms with Crippen molar-refractivity contribution in [2.45, 2.75) is 13.5 Å². The van der Waals surface area contributed by atoms with Gasteiger partial charge in [0.15, 0.2) is 5.69 Å². The van der Waals surface area contributed by atoms with Crippen LogP contribution in [-0.2, 0) is 11.3 Å². The van der Waals surface area contributed by atoms with E-state index in [9.17, 15) is 9.18 Å². The predicted octanol–water partition coefficient (Wildman–Crippen LogP) is 1.75. The Hall–Kier alpha value is -2.68. The molecular weight excluding hydrogens is 317 g/mol. The van der Waals surface area contributed by atoms with Crippen molar-refractivity contribution in [3.8, 4) is 0 Å². The number of oxime groups is 1. The van der Waals surface area contributed by atoms with Gasteiger partial charge in [0.2, 0.25) is 11.7 Å². The van der Waals surface area contributed by atoms with Crippen LogP contribution in [-0.4, -0.2) is 27.3 Å². The summed E-state index contributed by atoms with van der Waals surface area (Å²) in [7, 11) is 0. The van der Waals surface area contributed by atoms with E-state index in [-0.39, 0.29) is 34.7 Å². The quantitative estimate of drug-likeness (QED) is 0.341. The third kappa shape index (κ3) is 3.70. The van der Waals surface area contributed by atoms with E-state index in [1.165, 1.54) is 19.1 Å². The second-order valence-corrected chi connectivity index (χ2v) is 4.58. The number of hydrogen-bond acceptors (Lipinski definition) is 6. The van der Waals surface area contributed by atoms with Crippen LogP contribution in [0.15, 0.2) is 28.0 Å². The number of aromatic nitrogens is 2. The lowest BCUT2D eigenvalue weighted by Gasteiger charge is -2.07. The zero-order valence-corrected chi connectivity index (χ0v) is 12.1. The van der Waals surface area contributed by atoms with Crippen molar-refractivity contribution in [2.24, 2.45) is 5.16 Å². The average molecular weight is 328 g/mol. The summed E-state index contributed by atoms with van der Waals surface area (Å²) in [4.78, 5) is 10.9. The van der Waals surface area contributed by atoms with Gasteiger partial charge in [0.1, 0.15) is 11.5 Å². The summed E-state index contributed by atoms with van der Waals surface area (Å²) in [6.07, 6.45) is 0. The minimum absolute atomic E-state index is 0.0407. The minimum atomic E-state index is -0.579. The molecule has 2 rings (SSSR count). The van der Waals surface area contributed by atoms with Crippen molar-refractivity contribution in [3.63, 3.8) is 0 Å². The molecule has 3 N–H and O–H groups in total. The van der Waals surface area contributed by atoms with E-state index in [1.807, 2.05) is 0 Å². The Morgan fingerprint density at radius 3 is 2.91 bits per heavy atom. The first kappa shape index (κ1) is 15.7. The van der Waals surface area contributed by atoms with Gasteiger partial charge in [-0.25, -0.2) is 9.02 Å². The monoisotopic (exact) mass is 327 g/mol. The zero-order chi connectivity index (χ0) is 16.1. The van der Waals surface area contributed by atoms with Crippen LogP contribution in [0.3, 0.4) is 0 Å². The Balaban J connectivity index is 2.20. The Morgan fingerprint density at radius 1 is 1.50 bits per heavy atom. The van der Waals surface area contributed by atoms with E-state index in [1.54, 1.807) is 0 Å². The summed E-state index contributed by atoms with van der Waals surface area (Å²) in [5.41, 5.74) is 0.716. The number of carbonyl (C=O) groups is 1. The lowest BCUT2D eigenvalue weighted by Crippen LogP contribution is -2.22. The van der Waals surface area contributed by atoms with E-state index in [2.05, 4.69) is 30.7 Å². The predicted molar refractivity (Wildman–Crippen MR) is 75.2 cm³/mol. The smallest absolute Gasteiger partial charge is 0.217 e. The van der Waals surface area contributed by atoms with Gasteiger partial charge in [-0.05, 0) is 23.4 Å². The highest BCUT2D eigenvalue weighted by molar-refractivity contribution is 6.31. The molecule has 116 valence electrons. The van der Waals surface area contributed by atoms with E-state index >= 15 is 0 Å². The third-order valence-corrected chi connectivity index (χ3v) is 2.86. The topological polar surface area (TPSA) is 113 Å². The highest BCUT2D eigenvalue weighted by Gasteiger charge is 2.18. The molecule has 1 aromatic heterocycles. The fourth-order valence-corrected chi connectivity index (χ4v) is 1.73. The van der Waals surface area contributed by atoms with Gasteiger partial charge in [0.25, 0.3) is 0 Å². The summed E-state index contributed by atoms with van der Waals surface area (Å²) in [5.74, 6) is -0.942. The van der Waals surface area contributed by atoms with E-state index in [4.69, 9.17) is 16.8 Å². The number of nitrogens with one attached hydrogen (secondary N) is 2. The van der Waals surface area contributed by atoms with E-state index in [0.29, 0.717) is 5.69 Å². The first-order chi connectivity index (χ1) is 10.5. The van der Waals surface area contributed by atoms with Crippen LogP contribution in [0.4, 0.5) is 10.1 Å². The lowest BCUT2D eigenvalue weighted by molar-refractivity contribution is -0.119. The van der Waals surface area contributed by atoms with E-state index < -0.39 is 5.82 Å². The van der Waals surface area contributed by atoms with Crippen LogP contribution in [0.1, 0.15) is 18.3 Å². The molecule has 0 saturated carbocycles. The molecule has 0 atom stereocenters. The molecule has 0 fully saturated rings. The molecule has 0 aliphatic heterocycles. The lowest BCUT2D eigenvalue weighted by atomic mass is 10.2. The molecule has 8 nitrogen and oxygen atoms in total. The number of benzene rings is 1. The molecule has 1 amide bonds. The molecule has 2 aromatic rings. The highest BCUT2D eigenvalue weighted by atomic mass is 35.5.